The van der Waals surface area contributed by atoms with E-state index >= 15 is 0 Å². The SMILES string of the molecule is C=CCN(CC(=O)N1CCN(c2ccccc2F)CC1)C(C)=O. The summed E-state index contributed by atoms with van der Waals surface area (Å²) < 4.78 is 13.8. The fraction of sp³-hybridized carbons (Fsp3) is 0.412. The molecule has 0 aromatic heterocycles. The zero-order valence-electron chi connectivity index (χ0n) is 13.4. The Morgan fingerprint density at radius 2 is 1.91 bits per heavy atom. The van der Waals surface area contributed by atoms with Crippen LogP contribution in [0.4, 0.5) is 10.1 Å². The number of hydrogen-bond acceptors (Lipinski definition) is 3. The molecule has 0 bridgehead atoms. The van der Waals surface area contributed by atoms with Crippen LogP contribution in [0.5, 0.6) is 0 Å². The molecule has 0 atom stereocenters. The Hall–Kier alpha value is -2.37. The van der Waals surface area contributed by atoms with Crippen LogP contribution in [0.1, 0.15) is 6.92 Å². The number of carbonyl (C=O) groups is 2. The van der Waals surface area contributed by atoms with Crippen LogP contribution in [-0.2, 0) is 9.59 Å². The lowest BCUT2D eigenvalue weighted by Crippen LogP contribution is -2.52. The number of amides is 2. The standard InChI is InChI=1S/C17H22FN3O2/c1-3-8-21(14(2)22)13-17(23)20-11-9-19(10-12-20)16-7-5-4-6-15(16)18/h3-7H,1,8-13H2,2H3. The van der Waals surface area contributed by atoms with Crippen LogP contribution in [0.2, 0.25) is 0 Å². The van der Waals surface area contributed by atoms with E-state index in [0.29, 0.717) is 38.4 Å². The van der Waals surface area contributed by atoms with E-state index in [-0.39, 0.29) is 24.2 Å². The normalized spacial score (nSPS) is 14.5. The molecule has 124 valence electrons. The predicted molar refractivity (Wildman–Crippen MR) is 87.6 cm³/mol. The molecule has 1 aromatic carbocycles. The Balaban J connectivity index is 1.91. The Kier molecular flexibility index (Phi) is 5.73. The van der Waals surface area contributed by atoms with Crippen LogP contribution in [0.3, 0.4) is 0 Å². The average Bonchev–Trinajstić information content (AvgIpc) is 2.55. The van der Waals surface area contributed by atoms with Crippen LogP contribution in [0.25, 0.3) is 0 Å². The number of carbonyl (C=O) groups excluding carboxylic acids is 2. The van der Waals surface area contributed by atoms with Crippen LogP contribution in [-0.4, -0.2) is 60.9 Å². The first-order valence-corrected chi connectivity index (χ1v) is 7.66. The molecule has 0 saturated carbocycles. The summed E-state index contributed by atoms with van der Waals surface area (Å²) in [4.78, 5) is 28.9. The molecule has 0 N–H and O–H groups in total. The third kappa shape index (κ3) is 4.31. The van der Waals surface area contributed by atoms with Crippen LogP contribution in [0.15, 0.2) is 36.9 Å². The van der Waals surface area contributed by atoms with Crippen molar-refractivity contribution in [1.29, 1.82) is 0 Å². The van der Waals surface area contributed by atoms with Gasteiger partial charge in [-0.15, -0.1) is 6.58 Å². The summed E-state index contributed by atoms with van der Waals surface area (Å²) in [6, 6.07) is 6.64. The van der Waals surface area contributed by atoms with Gasteiger partial charge in [0.2, 0.25) is 11.8 Å². The van der Waals surface area contributed by atoms with Crippen molar-refractivity contribution in [3.8, 4) is 0 Å². The fourth-order valence-electron chi connectivity index (χ4n) is 2.63. The molecule has 23 heavy (non-hydrogen) atoms. The highest BCUT2D eigenvalue weighted by Gasteiger charge is 2.24. The van der Waals surface area contributed by atoms with Gasteiger partial charge in [-0.1, -0.05) is 18.2 Å². The molecular weight excluding hydrogens is 297 g/mol. The third-order valence-corrected chi connectivity index (χ3v) is 3.95. The zero-order chi connectivity index (χ0) is 16.8. The molecule has 1 aromatic rings. The maximum Gasteiger partial charge on any atom is 0.242 e. The van der Waals surface area contributed by atoms with Crippen LogP contribution < -0.4 is 4.90 Å². The number of para-hydroxylation sites is 1. The Bertz CT molecular complexity index is 583. The van der Waals surface area contributed by atoms with Crippen molar-refractivity contribution in [1.82, 2.24) is 9.80 Å². The van der Waals surface area contributed by atoms with Gasteiger partial charge in [0.15, 0.2) is 0 Å². The summed E-state index contributed by atoms with van der Waals surface area (Å²) in [5, 5.41) is 0. The molecule has 1 heterocycles. The minimum absolute atomic E-state index is 0.0566. The molecule has 1 aliphatic rings. The Morgan fingerprint density at radius 1 is 1.26 bits per heavy atom. The zero-order valence-corrected chi connectivity index (χ0v) is 13.4. The van der Waals surface area contributed by atoms with Crippen molar-refractivity contribution in [2.45, 2.75) is 6.92 Å². The first-order chi connectivity index (χ1) is 11.0. The van der Waals surface area contributed by atoms with Crippen molar-refractivity contribution < 1.29 is 14.0 Å². The highest BCUT2D eigenvalue weighted by Crippen LogP contribution is 2.20. The number of halogens is 1. The van der Waals surface area contributed by atoms with E-state index in [1.807, 2.05) is 4.90 Å². The maximum atomic E-state index is 13.8. The van der Waals surface area contributed by atoms with E-state index < -0.39 is 0 Å². The van der Waals surface area contributed by atoms with Gasteiger partial charge >= 0.3 is 0 Å². The summed E-state index contributed by atoms with van der Waals surface area (Å²) in [7, 11) is 0. The lowest BCUT2D eigenvalue weighted by Gasteiger charge is -2.37. The smallest absolute Gasteiger partial charge is 0.242 e. The van der Waals surface area contributed by atoms with Gasteiger partial charge in [-0.05, 0) is 12.1 Å². The van der Waals surface area contributed by atoms with Gasteiger partial charge in [0.05, 0.1) is 5.69 Å². The van der Waals surface area contributed by atoms with Gasteiger partial charge in [0, 0.05) is 39.6 Å². The van der Waals surface area contributed by atoms with Crippen LogP contribution in [0, 0.1) is 5.82 Å². The van der Waals surface area contributed by atoms with E-state index in [0.717, 1.165) is 0 Å². The summed E-state index contributed by atoms with van der Waals surface area (Å²) in [6.45, 7) is 7.64. The van der Waals surface area contributed by atoms with Crippen molar-refractivity contribution in [2.24, 2.45) is 0 Å². The molecule has 1 aliphatic heterocycles. The van der Waals surface area contributed by atoms with E-state index in [2.05, 4.69) is 6.58 Å². The quantitative estimate of drug-likeness (QED) is 0.773. The van der Waals surface area contributed by atoms with Crippen molar-refractivity contribution in [3.05, 3.63) is 42.7 Å². The summed E-state index contributed by atoms with van der Waals surface area (Å²) >= 11 is 0. The van der Waals surface area contributed by atoms with E-state index in [4.69, 9.17) is 0 Å². The van der Waals surface area contributed by atoms with Crippen molar-refractivity contribution >= 4 is 17.5 Å². The molecule has 0 aliphatic carbocycles. The first kappa shape index (κ1) is 17.0. The van der Waals surface area contributed by atoms with Gasteiger partial charge < -0.3 is 14.7 Å². The highest BCUT2D eigenvalue weighted by molar-refractivity contribution is 5.84. The lowest BCUT2D eigenvalue weighted by atomic mass is 10.2. The van der Waals surface area contributed by atoms with Gasteiger partial charge in [-0.3, -0.25) is 9.59 Å². The van der Waals surface area contributed by atoms with Gasteiger partial charge in [-0.2, -0.15) is 0 Å². The van der Waals surface area contributed by atoms with Gasteiger partial charge in [0.25, 0.3) is 0 Å². The third-order valence-electron chi connectivity index (χ3n) is 3.95. The van der Waals surface area contributed by atoms with Crippen molar-refractivity contribution in [3.63, 3.8) is 0 Å². The lowest BCUT2D eigenvalue weighted by molar-refractivity contribution is -0.139. The second-order valence-electron chi connectivity index (χ2n) is 5.51. The fourth-order valence-corrected chi connectivity index (χ4v) is 2.63. The number of nitrogens with zero attached hydrogens (tertiary/aromatic N) is 3. The highest BCUT2D eigenvalue weighted by atomic mass is 19.1. The molecule has 2 amide bonds. The second kappa shape index (κ2) is 7.76. The maximum absolute atomic E-state index is 13.8. The molecule has 0 spiro atoms. The molecule has 0 unspecified atom stereocenters. The molecule has 0 radical (unpaired) electrons. The molecule has 5 nitrogen and oxygen atoms in total. The van der Waals surface area contributed by atoms with E-state index in [1.54, 1.807) is 29.2 Å². The van der Waals surface area contributed by atoms with Gasteiger partial charge in [0.1, 0.15) is 12.4 Å². The predicted octanol–water partition coefficient (Wildman–Crippen LogP) is 1.51. The minimum Gasteiger partial charge on any atom is -0.366 e. The topological polar surface area (TPSA) is 43.9 Å². The average molecular weight is 319 g/mol. The Labute approximate surface area is 136 Å². The largest absolute Gasteiger partial charge is 0.366 e. The number of benzene rings is 1. The number of piperazine rings is 1. The molecule has 6 heteroatoms. The molecular formula is C17H22FN3O2. The van der Waals surface area contributed by atoms with Gasteiger partial charge in [-0.25, -0.2) is 4.39 Å². The monoisotopic (exact) mass is 319 g/mol. The molecule has 2 rings (SSSR count). The number of hydrogen-bond donors (Lipinski definition) is 0. The Morgan fingerprint density at radius 3 is 2.48 bits per heavy atom. The minimum atomic E-state index is -0.249. The summed E-state index contributed by atoms with van der Waals surface area (Å²) in [5.41, 5.74) is 0.566. The number of rotatable bonds is 5. The summed E-state index contributed by atoms with van der Waals surface area (Å²) in [5.74, 6) is -0.487. The first-order valence-electron chi connectivity index (χ1n) is 7.66. The van der Waals surface area contributed by atoms with E-state index in [1.165, 1.54) is 17.9 Å². The second-order valence-corrected chi connectivity index (χ2v) is 5.51. The van der Waals surface area contributed by atoms with E-state index in [9.17, 15) is 14.0 Å². The summed E-state index contributed by atoms with van der Waals surface area (Å²) in [6.07, 6.45) is 1.60. The van der Waals surface area contributed by atoms with Crippen molar-refractivity contribution in [2.75, 3.05) is 44.2 Å². The number of anilines is 1. The molecule has 1 saturated heterocycles. The molecule has 1 fully saturated rings. The van der Waals surface area contributed by atoms with Crippen LogP contribution >= 0.6 is 0 Å².